The summed E-state index contributed by atoms with van der Waals surface area (Å²) in [7, 11) is 0. The second-order valence-corrected chi connectivity index (χ2v) is 21.3. The molecule has 0 aliphatic rings. The molecule has 0 saturated heterocycles. The van der Waals surface area contributed by atoms with E-state index in [-0.39, 0.29) is 48.1 Å². The average molecular weight is 966 g/mol. The van der Waals surface area contributed by atoms with Gasteiger partial charge in [-0.25, -0.2) is 4.98 Å². The molecular formula is C53H62N4OPt-2. The quantitative estimate of drug-likeness (QED) is 0.127. The van der Waals surface area contributed by atoms with E-state index in [2.05, 4.69) is 210 Å². The molecule has 0 atom stereocenters. The predicted molar refractivity (Wildman–Crippen MR) is 241 cm³/mol. The van der Waals surface area contributed by atoms with Crippen LogP contribution in [0.25, 0.3) is 39.0 Å². The summed E-state index contributed by atoms with van der Waals surface area (Å²) < 4.78 is 13.6. The SMILES string of the molecule is Cc1ccnc(-n2c3[c-]c(Oc4[c-]c(-n5[c-][n+](-c6cc(C(C)(C)C)cc(C(C)(C)C)c6)c(C(C)(C)C)c5C(C)(C)C)cc(C(C)(C)C)c4)ccc3c3ccccc32)c1.[Pt]. The third-order valence-electron chi connectivity index (χ3n) is 11.0. The van der Waals surface area contributed by atoms with Crippen molar-refractivity contribution in [3.8, 4) is 28.7 Å². The molecule has 312 valence electrons. The molecule has 4 aromatic carbocycles. The molecule has 6 heteroatoms. The Balaban J connectivity index is 0.00000585. The zero-order valence-electron chi connectivity index (χ0n) is 38.1. The van der Waals surface area contributed by atoms with E-state index in [4.69, 9.17) is 9.72 Å². The van der Waals surface area contributed by atoms with Gasteiger partial charge in [0.05, 0.1) is 17.1 Å². The number of fused-ring (bicyclic) bond motifs is 3. The molecule has 7 aromatic rings. The fourth-order valence-electron chi connectivity index (χ4n) is 7.83. The Bertz CT molecular complexity index is 2640. The van der Waals surface area contributed by atoms with Gasteiger partial charge in [-0.3, -0.25) is 4.57 Å². The Labute approximate surface area is 368 Å². The first-order valence-corrected chi connectivity index (χ1v) is 20.7. The fraction of sp³-hybridized carbons (Fsp3) is 0.396. The van der Waals surface area contributed by atoms with E-state index in [1.807, 2.05) is 18.3 Å². The number of para-hydroxylation sites is 1. The Morgan fingerprint density at radius 1 is 0.593 bits per heavy atom. The molecule has 5 nitrogen and oxygen atoms in total. The van der Waals surface area contributed by atoms with Crippen LogP contribution in [0, 0.1) is 25.4 Å². The molecule has 0 spiro atoms. The second-order valence-electron chi connectivity index (χ2n) is 21.3. The van der Waals surface area contributed by atoms with Crippen LogP contribution in [0.1, 0.15) is 137 Å². The van der Waals surface area contributed by atoms with Gasteiger partial charge in [-0.15, -0.1) is 29.7 Å². The number of pyridine rings is 1. The number of rotatable bonds is 5. The Kier molecular flexibility index (Phi) is 11.4. The molecule has 0 unspecified atom stereocenters. The number of imidazole rings is 1. The smallest absolute Gasteiger partial charge is 0.267 e. The zero-order chi connectivity index (χ0) is 42.3. The number of ether oxygens (including phenoxy) is 1. The first-order valence-electron chi connectivity index (χ1n) is 20.7. The van der Waals surface area contributed by atoms with E-state index in [1.54, 1.807) is 0 Å². The van der Waals surface area contributed by atoms with Crippen molar-refractivity contribution < 1.29 is 30.4 Å². The molecule has 3 aromatic heterocycles. The van der Waals surface area contributed by atoms with Crippen molar-refractivity contribution >= 4 is 21.8 Å². The summed E-state index contributed by atoms with van der Waals surface area (Å²) in [5.41, 5.74) is 10.7. The Morgan fingerprint density at radius 2 is 1.20 bits per heavy atom. The van der Waals surface area contributed by atoms with Crippen molar-refractivity contribution in [2.45, 2.75) is 138 Å². The van der Waals surface area contributed by atoms with Gasteiger partial charge in [0.1, 0.15) is 5.82 Å². The van der Waals surface area contributed by atoms with Crippen molar-refractivity contribution in [3.63, 3.8) is 0 Å². The minimum atomic E-state index is -0.235. The minimum absolute atomic E-state index is 0. The van der Waals surface area contributed by atoms with Crippen LogP contribution in [0.3, 0.4) is 0 Å². The third-order valence-corrected chi connectivity index (χ3v) is 11.0. The molecule has 59 heavy (non-hydrogen) atoms. The minimum Gasteiger partial charge on any atom is -0.510 e. The molecule has 0 aliphatic carbocycles. The van der Waals surface area contributed by atoms with Crippen LogP contribution in [-0.2, 0) is 48.1 Å². The van der Waals surface area contributed by atoms with E-state index in [0.29, 0.717) is 11.5 Å². The van der Waals surface area contributed by atoms with Gasteiger partial charge in [-0.2, -0.15) is 17.7 Å². The van der Waals surface area contributed by atoms with Gasteiger partial charge in [-0.05, 0) is 92.1 Å². The van der Waals surface area contributed by atoms with Crippen molar-refractivity contribution in [1.29, 1.82) is 0 Å². The first-order chi connectivity index (χ1) is 26.8. The van der Waals surface area contributed by atoms with Crippen LogP contribution < -0.4 is 9.30 Å². The number of nitrogens with zero attached hydrogens (tertiary/aromatic N) is 4. The maximum atomic E-state index is 6.84. The van der Waals surface area contributed by atoms with Gasteiger partial charge in [0.15, 0.2) is 0 Å². The van der Waals surface area contributed by atoms with Crippen LogP contribution in [0.15, 0.2) is 85.1 Å². The van der Waals surface area contributed by atoms with E-state index in [9.17, 15) is 0 Å². The van der Waals surface area contributed by atoms with Gasteiger partial charge in [-0.1, -0.05) is 134 Å². The van der Waals surface area contributed by atoms with Crippen LogP contribution in [-0.4, -0.2) is 14.1 Å². The molecule has 0 N–H and O–H groups in total. The molecule has 0 bridgehead atoms. The molecule has 0 aliphatic heterocycles. The van der Waals surface area contributed by atoms with Crippen molar-refractivity contribution in [3.05, 3.63) is 137 Å². The van der Waals surface area contributed by atoms with Crippen LogP contribution in [0.5, 0.6) is 11.5 Å². The Hall–Kier alpha value is -4.47. The van der Waals surface area contributed by atoms with E-state index >= 15 is 0 Å². The fourth-order valence-corrected chi connectivity index (χ4v) is 7.83. The summed E-state index contributed by atoms with van der Waals surface area (Å²) >= 11 is 0. The van der Waals surface area contributed by atoms with Gasteiger partial charge in [0.2, 0.25) is 0 Å². The van der Waals surface area contributed by atoms with E-state index in [0.717, 1.165) is 50.1 Å². The summed E-state index contributed by atoms with van der Waals surface area (Å²) in [4.78, 5) is 4.78. The van der Waals surface area contributed by atoms with Gasteiger partial charge in [0, 0.05) is 44.3 Å². The van der Waals surface area contributed by atoms with Crippen molar-refractivity contribution in [2.24, 2.45) is 0 Å². The second kappa shape index (κ2) is 15.2. The summed E-state index contributed by atoms with van der Waals surface area (Å²) in [6.45, 7) is 36.5. The van der Waals surface area contributed by atoms with Crippen LogP contribution >= 0.6 is 0 Å². The first kappa shape index (κ1) is 44.1. The van der Waals surface area contributed by atoms with Gasteiger partial charge >= 0.3 is 0 Å². The predicted octanol–water partition coefficient (Wildman–Crippen LogP) is 13.2. The molecule has 0 radical (unpaired) electrons. The zero-order valence-corrected chi connectivity index (χ0v) is 40.4. The molecule has 3 heterocycles. The van der Waals surface area contributed by atoms with Gasteiger partial charge in [0.25, 0.3) is 6.33 Å². The topological polar surface area (TPSA) is 35.9 Å². The molecule has 7 rings (SSSR count). The van der Waals surface area contributed by atoms with E-state index < -0.39 is 0 Å². The Morgan fingerprint density at radius 3 is 1.78 bits per heavy atom. The summed E-state index contributed by atoms with van der Waals surface area (Å²) in [6.07, 6.45) is 5.79. The van der Waals surface area contributed by atoms with Crippen LogP contribution in [0.2, 0.25) is 0 Å². The number of aromatic nitrogens is 4. The van der Waals surface area contributed by atoms with Crippen LogP contribution in [0.4, 0.5) is 0 Å². The normalized spacial score (nSPS) is 12.9. The average Bonchev–Trinajstić information content (AvgIpc) is 3.68. The van der Waals surface area contributed by atoms with E-state index in [1.165, 1.54) is 22.5 Å². The largest absolute Gasteiger partial charge is 0.510 e. The van der Waals surface area contributed by atoms with Gasteiger partial charge < -0.3 is 13.9 Å². The summed E-state index contributed by atoms with van der Waals surface area (Å²) in [5, 5.41) is 2.25. The monoisotopic (exact) mass is 965 g/mol. The molecule has 0 fully saturated rings. The maximum Gasteiger partial charge on any atom is 0.267 e. The molecule has 0 saturated carbocycles. The summed E-state index contributed by atoms with van der Waals surface area (Å²) in [5.74, 6) is 2.10. The standard InChI is InChI=1S/C53H62N4O.Pt/c1-34-23-24-54-46(25-34)57-44-20-18-17-19-42(44)43-22-21-40(32-45(43)57)58-41-30-37(51(8,9)10)29-39(31-41)56-33-55(47(52(11,12)13)48(56)53(14,15)16)38-27-35(49(2,3)4)26-36(28-38)50(5,6)7;/h17-30H,1-16H3;/q-2;. The number of hydrogen-bond acceptors (Lipinski definition) is 2. The number of hydrogen-bond donors (Lipinski definition) is 0. The van der Waals surface area contributed by atoms with Crippen molar-refractivity contribution in [2.75, 3.05) is 0 Å². The number of aryl methyl sites for hydroxylation is 1. The summed E-state index contributed by atoms with van der Waals surface area (Å²) in [6, 6.07) is 35.6. The van der Waals surface area contributed by atoms with Crippen molar-refractivity contribution in [1.82, 2.24) is 14.1 Å². The maximum absolute atomic E-state index is 6.84. The molecule has 0 amide bonds. The third kappa shape index (κ3) is 8.74. The number of benzene rings is 4. The molecular weight excluding hydrogens is 904 g/mol.